The first-order chi connectivity index (χ1) is 3.39. The maximum absolute atomic E-state index is 10.2. The molecule has 0 unspecified atom stereocenters. The first kappa shape index (κ1) is 7.47. The Balaban J connectivity index is 0.000000490. The Kier molecular flexibility index (Phi) is 3.24. The zero-order chi connectivity index (χ0) is 5.11. The maximum atomic E-state index is 10.2. The molecule has 1 aromatic rings. The van der Waals surface area contributed by atoms with Crippen LogP contribution in [0.5, 0.6) is 0 Å². The van der Waals surface area contributed by atoms with Crippen molar-refractivity contribution in [2.75, 3.05) is 0 Å². The second kappa shape index (κ2) is 3.47. The molecule has 1 aromatic heterocycles. The summed E-state index contributed by atoms with van der Waals surface area (Å²) < 4.78 is 0.750. The summed E-state index contributed by atoms with van der Waals surface area (Å²) in [6.45, 7) is 0. The predicted octanol–water partition coefficient (Wildman–Crippen LogP) is 0.318. The van der Waals surface area contributed by atoms with Crippen LogP contribution in [0.4, 0.5) is 0 Å². The molecular formula is C5H5FeNO. The molecule has 3 heteroatoms. The zero-order valence-electron chi connectivity index (χ0n) is 4.10. The zero-order valence-corrected chi connectivity index (χ0v) is 5.20. The number of pyridine rings is 1. The van der Waals surface area contributed by atoms with Crippen LogP contribution >= 0.6 is 0 Å². The molecule has 0 bridgehead atoms. The second-order valence-corrected chi connectivity index (χ2v) is 1.24. The van der Waals surface area contributed by atoms with E-state index in [9.17, 15) is 5.21 Å². The molecule has 44 valence electrons. The van der Waals surface area contributed by atoms with Crippen LogP contribution in [0.2, 0.25) is 0 Å². The first-order valence-corrected chi connectivity index (χ1v) is 2.03. The molecule has 0 aliphatic carbocycles. The van der Waals surface area contributed by atoms with E-state index in [-0.39, 0.29) is 17.1 Å². The second-order valence-electron chi connectivity index (χ2n) is 1.24. The average Bonchev–Trinajstić information content (AvgIpc) is 1.69. The molecule has 0 N–H and O–H groups in total. The van der Waals surface area contributed by atoms with Gasteiger partial charge in [-0.15, -0.1) is 0 Å². The Bertz CT molecular complexity index is 142. The summed E-state index contributed by atoms with van der Waals surface area (Å²) >= 11 is 0. The van der Waals surface area contributed by atoms with Crippen LogP contribution in [-0.4, -0.2) is 0 Å². The van der Waals surface area contributed by atoms with Crippen LogP contribution in [0, 0.1) is 5.21 Å². The third-order valence-corrected chi connectivity index (χ3v) is 0.688. The Morgan fingerprint density at radius 1 is 1.00 bits per heavy atom. The molecule has 0 aliphatic rings. The van der Waals surface area contributed by atoms with Crippen molar-refractivity contribution in [1.82, 2.24) is 0 Å². The van der Waals surface area contributed by atoms with Crippen molar-refractivity contribution in [2.24, 2.45) is 0 Å². The van der Waals surface area contributed by atoms with Gasteiger partial charge in [-0.2, -0.15) is 4.73 Å². The van der Waals surface area contributed by atoms with Crippen molar-refractivity contribution in [3.05, 3.63) is 35.8 Å². The molecule has 1 rings (SSSR count). The summed E-state index contributed by atoms with van der Waals surface area (Å²) in [6, 6.07) is 5.18. The quantitative estimate of drug-likeness (QED) is 0.298. The van der Waals surface area contributed by atoms with E-state index in [4.69, 9.17) is 0 Å². The van der Waals surface area contributed by atoms with Crippen molar-refractivity contribution in [2.45, 2.75) is 0 Å². The topological polar surface area (TPSA) is 26.9 Å². The molecule has 0 saturated heterocycles. The monoisotopic (exact) mass is 151 g/mol. The van der Waals surface area contributed by atoms with Gasteiger partial charge in [-0.3, -0.25) is 0 Å². The number of hydrogen-bond acceptors (Lipinski definition) is 1. The maximum Gasteiger partial charge on any atom is 0.180 e. The predicted molar refractivity (Wildman–Crippen MR) is 25.4 cm³/mol. The van der Waals surface area contributed by atoms with Gasteiger partial charge < -0.3 is 5.21 Å². The SMILES string of the molecule is [Fe].[O-][n+]1ccccc1. The van der Waals surface area contributed by atoms with Gasteiger partial charge in [0.05, 0.1) is 0 Å². The average molecular weight is 151 g/mol. The molecule has 2 nitrogen and oxygen atoms in total. The normalized spacial score (nSPS) is 7.50. The van der Waals surface area contributed by atoms with Crippen LogP contribution in [0.3, 0.4) is 0 Å². The van der Waals surface area contributed by atoms with Gasteiger partial charge in [0.25, 0.3) is 0 Å². The largest absolute Gasteiger partial charge is 0.619 e. The van der Waals surface area contributed by atoms with Gasteiger partial charge in [0.1, 0.15) is 0 Å². The first-order valence-electron chi connectivity index (χ1n) is 2.03. The third kappa shape index (κ3) is 1.96. The van der Waals surface area contributed by atoms with Gasteiger partial charge in [0.15, 0.2) is 12.4 Å². The van der Waals surface area contributed by atoms with E-state index < -0.39 is 0 Å². The summed E-state index contributed by atoms with van der Waals surface area (Å²) in [4.78, 5) is 0. The standard InChI is InChI=1S/C5H5NO.Fe/c7-6-4-2-1-3-5-6;/h1-5H;. The van der Waals surface area contributed by atoms with E-state index in [0.29, 0.717) is 0 Å². The van der Waals surface area contributed by atoms with Crippen molar-refractivity contribution < 1.29 is 21.8 Å². The molecule has 0 spiro atoms. The van der Waals surface area contributed by atoms with E-state index >= 15 is 0 Å². The van der Waals surface area contributed by atoms with Crippen molar-refractivity contribution in [3.8, 4) is 0 Å². The van der Waals surface area contributed by atoms with Crippen molar-refractivity contribution in [3.63, 3.8) is 0 Å². The minimum Gasteiger partial charge on any atom is -0.619 e. The van der Waals surface area contributed by atoms with Crippen LogP contribution in [0.15, 0.2) is 30.6 Å². The fourth-order valence-corrected chi connectivity index (χ4v) is 0.383. The van der Waals surface area contributed by atoms with Gasteiger partial charge in [0, 0.05) is 29.2 Å². The summed E-state index contributed by atoms with van der Waals surface area (Å²) in [7, 11) is 0. The molecule has 0 atom stereocenters. The summed E-state index contributed by atoms with van der Waals surface area (Å²) in [5.74, 6) is 0. The van der Waals surface area contributed by atoms with Crippen LogP contribution in [-0.2, 0) is 17.1 Å². The van der Waals surface area contributed by atoms with E-state index in [0.717, 1.165) is 4.73 Å². The molecular weight excluding hydrogens is 146 g/mol. The van der Waals surface area contributed by atoms with Gasteiger partial charge in [-0.05, 0) is 0 Å². The molecule has 1 heterocycles. The Morgan fingerprint density at radius 2 is 1.50 bits per heavy atom. The molecule has 0 aromatic carbocycles. The summed E-state index contributed by atoms with van der Waals surface area (Å²) in [5.41, 5.74) is 0. The molecule has 0 amide bonds. The minimum atomic E-state index is 0. The smallest absolute Gasteiger partial charge is 0.180 e. The molecule has 0 aliphatic heterocycles. The van der Waals surface area contributed by atoms with Gasteiger partial charge in [-0.1, -0.05) is 6.07 Å². The Hall–Kier alpha value is -0.531. The molecule has 0 saturated carbocycles. The van der Waals surface area contributed by atoms with Gasteiger partial charge >= 0.3 is 0 Å². The number of nitrogens with zero attached hydrogens (tertiary/aromatic N) is 1. The number of rotatable bonds is 0. The summed E-state index contributed by atoms with van der Waals surface area (Å²) in [6.07, 6.45) is 2.89. The van der Waals surface area contributed by atoms with E-state index in [1.165, 1.54) is 12.4 Å². The fourth-order valence-electron chi connectivity index (χ4n) is 0.383. The van der Waals surface area contributed by atoms with Gasteiger partial charge in [0.2, 0.25) is 0 Å². The molecule has 8 heavy (non-hydrogen) atoms. The Labute approximate surface area is 58.2 Å². The van der Waals surface area contributed by atoms with Gasteiger partial charge in [-0.25, -0.2) is 0 Å². The van der Waals surface area contributed by atoms with Crippen molar-refractivity contribution in [1.29, 1.82) is 0 Å². The fraction of sp³-hybridized carbons (Fsp3) is 0. The number of aromatic nitrogens is 1. The van der Waals surface area contributed by atoms with Crippen molar-refractivity contribution >= 4 is 0 Å². The van der Waals surface area contributed by atoms with E-state index in [1.807, 2.05) is 0 Å². The molecule has 0 fully saturated rings. The minimum absolute atomic E-state index is 0. The van der Waals surface area contributed by atoms with Crippen LogP contribution < -0.4 is 4.73 Å². The van der Waals surface area contributed by atoms with E-state index in [2.05, 4.69) is 0 Å². The number of hydrogen-bond donors (Lipinski definition) is 0. The summed E-state index contributed by atoms with van der Waals surface area (Å²) in [5, 5.41) is 10.2. The van der Waals surface area contributed by atoms with Crippen LogP contribution in [0.1, 0.15) is 0 Å². The Morgan fingerprint density at radius 3 is 1.75 bits per heavy atom. The third-order valence-electron chi connectivity index (χ3n) is 0.688. The molecule has 0 radical (unpaired) electrons. The van der Waals surface area contributed by atoms with E-state index in [1.54, 1.807) is 18.2 Å². The van der Waals surface area contributed by atoms with Crippen LogP contribution in [0.25, 0.3) is 0 Å².